The summed E-state index contributed by atoms with van der Waals surface area (Å²) < 4.78 is 14.7. The van der Waals surface area contributed by atoms with Crippen LogP contribution in [0.4, 0.5) is 10.5 Å². The molecule has 0 saturated heterocycles. The maximum atomic E-state index is 11.4. The summed E-state index contributed by atoms with van der Waals surface area (Å²) in [5.41, 5.74) is -0.104. The molecule has 1 rings (SSSR count). The lowest BCUT2D eigenvalue weighted by Crippen LogP contribution is -2.13. The van der Waals surface area contributed by atoms with E-state index in [-0.39, 0.29) is 30.4 Å². The number of benzene rings is 1. The normalized spacial score (nSPS) is 10.0. The predicted molar refractivity (Wildman–Crippen MR) is 84.8 cm³/mol. The number of unbranched alkanes of at least 4 members (excludes halogenated alkanes) is 2. The molecule has 1 aromatic rings. The summed E-state index contributed by atoms with van der Waals surface area (Å²) in [7, 11) is 0. The maximum Gasteiger partial charge on any atom is 0.513 e. The van der Waals surface area contributed by atoms with E-state index < -0.39 is 11.1 Å². The van der Waals surface area contributed by atoms with E-state index in [0.29, 0.717) is 13.0 Å². The van der Waals surface area contributed by atoms with Crippen molar-refractivity contribution in [2.45, 2.75) is 39.0 Å². The van der Waals surface area contributed by atoms with Crippen molar-refractivity contribution < 1.29 is 28.7 Å². The second-order valence-corrected chi connectivity index (χ2v) is 4.98. The van der Waals surface area contributed by atoms with Gasteiger partial charge in [0.25, 0.3) is 5.69 Å². The van der Waals surface area contributed by atoms with Gasteiger partial charge in [-0.25, -0.2) is 4.79 Å². The molecular weight excluding hydrogens is 318 g/mol. The number of rotatable bonds is 10. The van der Waals surface area contributed by atoms with Crippen molar-refractivity contribution in [1.82, 2.24) is 0 Å². The van der Waals surface area contributed by atoms with Gasteiger partial charge in [0.1, 0.15) is 5.75 Å². The van der Waals surface area contributed by atoms with Crippen LogP contribution < -0.4 is 4.74 Å². The van der Waals surface area contributed by atoms with Gasteiger partial charge < -0.3 is 14.2 Å². The molecular formula is C16H21NO7. The van der Waals surface area contributed by atoms with Gasteiger partial charge in [-0.15, -0.1) is 0 Å². The SMILES string of the molecule is CCCCCOC(=O)CCCOC(=O)Oc1ccc([N+](=O)[O-])cc1. The van der Waals surface area contributed by atoms with E-state index in [9.17, 15) is 19.7 Å². The number of hydrogen-bond donors (Lipinski definition) is 0. The molecule has 0 N–H and O–H groups in total. The molecule has 0 amide bonds. The molecule has 0 aromatic heterocycles. The summed E-state index contributed by atoms with van der Waals surface area (Å²) in [6.45, 7) is 2.50. The number of carbonyl (C=O) groups is 2. The quantitative estimate of drug-likeness (QED) is 0.211. The summed E-state index contributed by atoms with van der Waals surface area (Å²) in [6, 6.07) is 5.04. The molecule has 8 nitrogen and oxygen atoms in total. The number of ether oxygens (including phenoxy) is 3. The van der Waals surface area contributed by atoms with Crippen LogP contribution in [0.2, 0.25) is 0 Å². The Labute approximate surface area is 139 Å². The van der Waals surface area contributed by atoms with Crippen molar-refractivity contribution in [3.05, 3.63) is 34.4 Å². The molecule has 0 aliphatic heterocycles. The van der Waals surface area contributed by atoms with Gasteiger partial charge in [-0.2, -0.15) is 0 Å². The molecule has 0 heterocycles. The average Bonchev–Trinajstić information content (AvgIpc) is 2.56. The zero-order valence-electron chi connectivity index (χ0n) is 13.6. The van der Waals surface area contributed by atoms with Crippen molar-refractivity contribution in [2.24, 2.45) is 0 Å². The van der Waals surface area contributed by atoms with Gasteiger partial charge in [-0.05, 0) is 25.0 Å². The summed E-state index contributed by atoms with van der Waals surface area (Å²) in [6.07, 6.45) is 2.49. The van der Waals surface area contributed by atoms with Gasteiger partial charge in [0.05, 0.1) is 18.1 Å². The number of nitro benzene ring substituents is 1. The standard InChI is InChI=1S/C16H21NO7/c1-2-3-4-11-22-15(18)6-5-12-23-16(19)24-14-9-7-13(8-10-14)17(20)21/h7-10H,2-6,11-12H2,1H3. The van der Waals surface area contributed by atoms with Gasteiger partial charge in [0, 0.05) is 18.6 Å². The van der Waals surface area contributed by atoms with Gasteiger partial charge in [0.15, 0.2) is 0 Å². The highest BCUT2D eigenvalue weighted by atomic mass is 16.7. The highest BCUT2D eigenvalue weighted by Crippen LogP contribution is 2.17. The molecule has 132 valence electrons. The first kappa shape index (κ1) is 19.4. The van der Waals surface area contributed by atoms with E-state index >= 15 is 0 Å². The zero-order chi connectivity index (χ0) is 17.8. The lowest BCUT2D eigenvalue weighted by Gasteiger charge is -2.06. The smallest absolute Gasteiger partial charge is 0.466 e. The molecule has 0 atom stereocenters. The largest absolute Gasteiger partial charge is 0.513 e. The molecule has 0 aliphatic carbocycles. The number of carbonyl (C=O) groups excluding carboxylic acids is 2. The highest BCUT2D eigenvalue weighted by Gasteiger charge is 2.10. The third-order valence-electron chi connectivity index (χ3n) is 3.00. The van der Waals surface area contributed by atoms with Crippen LogP contribution in [0.1, 0.15) is 39.0 Å². The summed E-state index contributed by atoms with van der Waals surface area (Å²) in [5.74, 6) is -0.181. The van der Waals surface area contributed by atoms with Crippen molar-refractivity contribution in [3.63, 3.8) is 0 Å². The van der Waals surface area contributed by atoms with E-state index in [4.69, 9.17) is 14.2 Å². The number of esters is 1. The molecule has 0 bridgehead atoms. The Morgan fingerprint density at radius 3 is 2.33 bits per heavy atom. The fourth-order valence-corrected chi connectivity index (χ4v) is 1.74. The Bertz CT molecular complexity index is 542. The van der Waals surface area contributed by atoms with E-state index in [0.717, 1.165) is 19.3 Å². The van der Waals surface area contributed by atoms with Gasteiger partial charge in [-0.3, -0.25) is 14.9 Å². The lowest BCUT2D eigenvalue weighted by molar-refractivity contribution is -0.384. The number of hydrogen-bond acceptors (Lipinski definition) is 7. The lowest BCUT2D eigenvalue weighted by atomic mass is 10.3. The first-order valence-electron chi connectivity index (χ1n) is 7.77. The highest BCUT2D eigenvalue weighted by molar-refractivity contribution is 5.69. The molecule has 0 spiro atoms. The van der Waals surface area contributed by atoms with Crippen molar-refractivity contribution in [2.75, 3.05) is 13.2 Å². The zero-order valence-corrected chi connectivity index (χ0v) is 13.6. The van der Waals surface area contributed by atoms with Crippen LogP contribution in [0.15, 0.2) is 24.3 Å². The maximum absolute atomic E-state index is 11.4. The minimum absolute atomic E-state index is 0.0237. The van der Waals surface area contributed by atoms with Gasteiger partial charge in [-0.1, -0.05) is 19.8 Å². The Balaban J connectivity index is 2.15. The van der Waals surface area contributed by atoms with Crippen molar-refractivity contribution in [1.29, 1.82) is 0 Å². The van der Waals surface area contributed by atoms with Crippen LogP contribution >= 0.6 is 0 Å². The predicted octanol–water partition coefficient (Wildman–Crippen LogP) is 3.62. The fraction of sp³-hybridized carbons (Fsp3) is 0.500. The summed E-state index contributed by atoms with van der Waals surface area (Å²) in [4.78, 5) is 32.8. The molecule has 24 heavy (non-hydrogen) atoms. The summed E-state index contributed by atoms with van der Waals surface area (Å²) >= 11 is 0. The second-order valence-electron chi connectivity index (χ2n) is 4.98. The minimum Gasteiger partial charge on any atom is -0.466 e. The summed E-state index contributed by atoms with van der Waals surface area (Å²) in [5, 5.41) is 10.5. The molecule has 1 aromatic carbocycles. The van der Waals surface area contributed by atoms with Crippen molar-refractivity contribution in [3.8, 4) is 5.75 Å². The van der Waals surface area contributed by atoms with Crippen LogP contribution in [-0.2, 0) is 14.3 Å². The van der Waals surface area contributed by atoms with Gasteiger partial charge in [0.2, 0.25) is 0 Å². The molecule has 0 fully saturated rings. The van der Waals surface area contributed by atoms with Crippen LogP contribution in [-0.4, -0.2) is 30.3 Å². The van der Waals surface area contributed by atoms with E-state index in [1.165, 1.54) is 24.3 Å². The Kier molecular flexibility index (Phi) is 8.88. The first-order valence-corrected chi connectivity index (χ1v) is 7.77. The van der Waals surface area contributed by atoms with Crippen LogP contribution in [0.25, 0.3) is 0 Å². The van der Waals surface area contributed by atoms with E-state index in [1.54, 1.807) is 0 Å². The molecule has 8 heteroatoms. The Morgan fingerprint density at radius 2 is 1.71 bits per heavy atom. The molecule has 0 radical (unpaired) electrons. The van der Waals surface area contributed by atoms with Gasteiger partial charge >= 0.3 is 12.1 Å². The Morgan fingerprint density at radius 1 is 1.04 bits per heavy atom. The molecule has 0 aliphatic rings. The Hall–Kier alpha value is -2.64. The molecule has 0 saturated carbocycles. The topological polar surface area (TPSA) is 105 Å². The monoisotopic (exact) mass is 339 g/mol. The average molecular weight is 339 g/mol. The van der Waals surface area contributed by atoms with E-state index in [1.807, 2.05) is 0 Å². The molecule has 0 unspecified atom stereocenters. The third kappa shape index (κ3) is 8.11. The first-order chi connectivity index (χ1) is 11.5. The van der Waals surface area contributed by atoms with Crippen molar-refractivity contribution >= 4 is 17.8 Å². The number of nitrogens with zero attached hydrogens (tertiary/aromatic N) is 1. The number of non-ortho nitro benzene ring substituents is 1. The fourth-order valence-electron chi connectivity index (χ4n) is 1.74. The minimum atomic E-state index is -0.930. The second kappa shape index (κ2) is 11.0. The van der Waals surface area contributed by atoms with Crippen LogP contribution in [0.3, 0.4) is 0 Å². The van der Waals surface area contributed by atoms with Crippen LogP contribution in [0, 0.1) is 10.1 Å². The van der Waals surface area contributed by atoms with E-state index in [2.05, 4.69) is 6.92 Å². The number of nitro groups is 1. The third-order valence-corrected chi connectivity index (χ3v) is 3.00. The van der Waals surface area contributed by atoms with Crippen LogP contribution in [0.5, 0.6) is 5.75 Å².